The van der Waals surface area contributed by atoms with E-state index in [4.69, 9.17) is 20.8 Å². The molecule has 1 aromatic carbocycles. The first-order chi connectivity index (χ1) is 16.4. The van der Waals surface area contributed by atoms with Gasteiger partial charge < -0.3 is 24.7 Å². The van der Waals surface area contributed by atoms with Crippen LogP contribution in [0.15, 0.2) is 34.7 Å². The van der Waals surface area contributed by atoms with E-state index in [0.717, 1.165) is 15.4 Å². The summed E-state index contributed by atoms with van der Waals surface area (Å²) in [5, 5.41) is 18.1. The number of nitro groups is 1. The highest BCUT2D eigenvalue weighted by Crippen LogP contribution is 2.41. The third kappa shape index (κ3) is 3.86. The number of halogens is 1. The van der Waals surface area contributed by atoms with Crippen LogP contribution in [-0.4, -0.2) is 35.0 Å². The highest BCUT2D eigenvalue weighted by atomic mass is 35.5. The molecular formula is C22H19ClN4O6S. The van der Waals surface area contributed by atoms with Gasteiger partial charge in [0.05, 0.1) is 28.7 Å². The number of thiophene rings is 1. The van der Waals surface area contributed by atoms with Gasteiger partial charge in [0.15, 0.2) is 6.17 Å². The number of carbonyl (C=O) groups excluding carboxylic acids is 2. The largest absolute Gasteiger partial charge is 0.457 e. The van der Waals surface area contributed by atoms with Crippen LogP contribution < -0.4 is 10.6 Å². The molecule has 4 heterocycles. The van der Waals surface area contributed by atoms with Crippen molar-refractivity contribution in [1.29, 1.82) is 0 Å². The number of anilines is 1. The fraction of sp³-hybridized carbons (Fsp3) is 0.273. The van der Waals surface area contributed by atoms with Crippen LogP contribution in [0, 0.1) is 10.1 Å². The standard InChI is InChI=1S/C22H19ClN4O6S/c1-2-32-22(29)26-8-7-13-17(10-26)34-21-18(13)20(28)24-19(25-21)16-6-5-15(33-16)12-4-3-11(27(30)31)9-14(12)23/h3-6,9,19,25H,2,7-8,10H2,1H3,(H,24,28)/t19-/m0/s1. The topological polar surface area (TPSA) is 127 Å². The van der Waals surface area contributed by atoms with Crippen molar-refractivity contribution >= 4 is 45.6 Å². The predicted octanol–water partition coefficient (Wildman–Crippen LogP) is 4.94. The van der Waals surface area contributed by atoms with Crippen molar-refractivity contribution in [2.45, 2.75) is 26.1 Å². The minimum atomic E-state index is -0.605. The third-order valence-electron chi connectivity index (χ3n) is 5.70. The Balaban J connectivity index is 1.38. The second-order valence-electron chi connectivity index (χ2n) is 7.75. The molecule has 176 valence electrons. The van der Waals surface area contributed by atoms with Gasteiger partial charge in [-0.1, -0.05) is 11.6 Å². The lowest BCUT2D eigenvalue weighted by Crippen LogP contribution is -2.39. The monoisotopic (exact) mass is 502 g/mol. The molecule has 0 saturated carbocycles. The Hall–Kier alpha value is -3.57. The Kier molecular flexibility index (Phi) is 5.66. The first-order valence-corrected chi connectivity index (χ1v) is 11.7. The molecule has 2 aromatic heterocycles. The molecule has 5 rings (SSSR count). The maximum Gasteiger partial charge on any atom is 0.410 e. The van der Waals surface area contributed by atoms with Crippen molar-refractivity contribution in [3.05, 3.63) is 67.2 Å². The number of hydrogen-bond donors (Lipinski definition) is 2. The maximum atomic E-state index is 13.0. The van der Waals surface area contributed by atoms with Crippen LogP contribution in [0.3, 0.4) is 0 Å². The number of benzene rings is 1. The summed E-state index contributed by atoms with van der Waals surface area (Å²) in [5.41, 5.74) is 1.94. The number of rotatable bonds is 4. The van der Waals surface area contributed by atoms with Crippen molar-refractivity contribution in [2.24, 2.45) is 0 Å². The fourth-order valence-corrected chi connectivity index (χ4v) is 5.66. The van der Waals surface area contributed by atoms with Crippen LogP contribution in [0.2, 0.25) is 5.02 Å². The molecular weight excluding hydrogens is 484 g/mol. The number of non-ortho nitro benzene ring substituents is 1. The summed E-state index contributed by atoms with van der Waals surface area (Å²) in [6.45, 7) is 2.96. The summed E-state index contributed by atoms with van der Waals surface area (Å²) < 4.78 is 11.0. The Bertz CT molecular complexity index is 1320. The highest BCUT2D eigenvalue weighted by molar-refractivity contribution is 7.16. The maximum absolute atomic E-state index is 13.0. The molecule has 2 N–H and O–H groups in total. The zero-order chi connectivity index (χ0) is 24.0. The molecule has 12 heteroatoms. The zero-order valence-corrected chi connectivity index (χ0v) is 19.5. The van der Waals surface area contributed by atoms with E-state index < -0.39 is 11.1 Å². The van der Waals surface area contributed by atoms with Crippen LogP contribution in [-0.2, 0) is 17.7 Å². The molecule has 3 aromatic rings. The van der Waals surface area contributed by atoms with E-state index in [1.165, 1.54) is 29.5 Å². The minimum Gasteiger partial charge on any atom is -0.457 e. The number of hydrogen-bond acceptors (Lipinski definition) is 8. The Labute approximate surface area is 202 Å². The van der Waals surface area contributed by atoms with E-state index in [0.29, 0.717) is 48.8 Å². The quantitative estimate of drug-likeness (QED) is 0.382. The smallest absolute Gasteiger partial charge is 0.410 e. The Morgan fingerprint density at radius 1 is 1.35 bits per heavy atom. The van der Waals surface area contributed by atoms with Gasteiger partial charge in [-0.2, -0.15) is 0 Å². The number of nitro benzene ring substituents is 1. The molecule has 10 nitrogen and oxygen atoms in total. The summed E-state index contributed by atoms with van der Waals surface area (Å²) >= 11 is 7.66. The lowest BCUT2D eigenvalue weighted by molar-refractivity contribution is -0.384. The van der Waals surface area contributed by atoms with E-state index in [1.54, 1.807) is 24.0 Å². The third-order valence-corrected chi connectivity index (χ3v) is 7.16. The number of furan rings is 1. The lowest BCUT2D eigenvalue weighted by Gasteiger charge is -2.27. The van der Waals surface area contributed by atoms with Crippen LogP contribution >= 0.6 is 22.9 Å². The summed E-state index contributed by atoms with van der Waals surface area (Å²) in [6.07, 6.45) is -0.391. The average molecular weight is 503 g/mol. The molecule has 2 aliphatic rings. The van der Waals surface area contributed by atoms with Crippen LogP contribution in [0.5, 0.6) is 0 Å². The summed E-state index contributed by atoms with van der Waals surface area (Å²) in [5.74, 6) is 0.669. The van der Waals surface area contributed by atoms with Gasteiger partial charge >= 0.3 is 6.09 Å². The van der Waals surface area contributed by atoms with E-state index in [-0.39, 0.29) is 22.7 Å². The van der Waals surface area contributed by atoms with Crippen LogP contribution in [0.4, 0.5) is 15.5 Å². The molecule has 0 fully saturated rings. The number of nitrogens with zero attached hydrogens (tertiary/aromatic N) is 2. The molecule has 34 heavy (non-hydrogen) atoms. The summed E-state index contributed by atoms with van der Waals surface area (Å²) in [7, 11) is 0. The van der Waals surface area contributed by atoms with Gasteiger partial charge in [0.25, 0.3) is 11.6 Å². The Morgan fingerprint density at radius 2 is 2.18 bits per heavy atom. The number of fused-ring (bicyclic) bond motifs is 3. The van der Waals surface area contributed by atoms with Crippen molar-refractivity contribution in [3.63, 3.8) is 0 Å². The Morgan fingerprint density at radius 3 is 2.91 bits per heavy atom. The molecule has 0 spiro atoms. The molecule has 2 aliphatic heterocycles. The minimum absolute atomic E-state index is 0.113. The first kappa shape index (κ1) is 22.2. The van der Waals surface area contributed by atoms with Gasteiger partial charge in [-0.25, -0.2) is 4.79 Å². The fourth-order valence-electron chi connectivity index (χ4n) is 4.10. The number of amides is 2. The van der Waals surface area contributed by atoms with Crippen molar-refractivity contribution in [2.75, 3.05) is 18.5 Å². The number of nitrogens with one attached hydrogen (secondary N) is 2. The number of carbonyl (C=O) groups is 2. The van der Waals surface area contributed by atoms with Gasteiger partial charge in [-0.15, -0.1) is 11.3 Å². The van der Waals surface area contributed by atoms with Crippen molar-refractivity contribution < 1.29 is 23.7 Å². The second kappa shape index (κ2) is 8.65. The van der Waals surface area contributed by atoms with Gasteiger partial charge in [0, 0.05) is 29.1 Å². The molecule has 0 unspecified atom stereocenters. The first-order valence-electron chi connectivity index (χ1n) is 10.5. The van der Waals surface area contributed by atoms with Crippen molar-refractivity contribution in [3.8, 4) is 11.3 Å². The van der Waals surface area contributed by atoms with Crippen molar-refractivity contribution in [1.82, 2.24) is 10.2 Å². The normalized spacial score (nSPS) is 16.8. The zero-order valence-electron chi connectivity index (χ0n) is 17.9. The second-order valence-corrected chi connectivity index (χ2v) is 9.26. The summed E-state index contributed by atoms with van der Waals surface area (Å²) in [4.78, 5) is 38.1. The van der Waals surface area contributed by atoms with E-state index >= 15 is 0 Å². The van der Waals surface area contributed by atoms with Crippen LogP contribution in [0.25, 0.3) is 11.3 Å². The SMILES string of the molecule is CCOC(=O)N1CCc2c(sc3c2C(=O)N[C@H](c2ccc(-c4ccc([N+](=O)[O-])cc4Cl)o2)N3)C1. The highest BCUT2D eigenvalue weighted by Gasteiger charge is 2.35. The van der Waals surface area contributed by atoms with E-state index in [2.05, 4.69) is 10.6 Å². The molecule has 0 bridgehead atoms. The number of ether oxygens (including phenoxy) is 1. The molecule has 1 atom stereocenters. The van der Waals surface area contributed by atoms with Gasteiger partial charge in [0.1, 0.15) is 16.5 Å². The molecule has 0 saturated heterocycles. The lowest BCUT2D eigenvalue weighted by atomic mass is 10.0. The summed E-state index contributed by atoms with van der Waals surface area (Å²) in [6, 6.07) is 7.55. The van der Waals surface area contributed by atoms with Crippen LogP contribution in [0.1, 0.15) is 39.6 Å². The van der Waals surface area contributed by atoms with Gasteiger partial charge in [-0.3, -0.25) is 14.9 Å². The van der Waals surface area contributed by atoms with E-state index in [1.807, 2.05) is 0 Å². The molecule has 0 aliphatic carbocycles. The molecule has 2 amide bonds. The molecule has 0 radical (unpaired) electrons. The predicted molar refractivity (Wildman–Crippen MR) is 125 cm³/mol. The van der Waals surface area contributed by atoms with Gasteiger partial charge in [0.2, 0.25) is 0 Å². The van der Waals surface area contributed by atoms with E-state index in [9.17, 15) is 19.7 Å². The van der Waals surface area contributed by atoms with Gasteiger partial charge in [-0.05, 0) is 37.1 Å². The average Bonchev–Trinajstić information content (AvgIpc) is 3.43.